The summed E-state index contributed by atoms with van der Waals surface area (Å²) in [6, 6.07) is 0. The van der Waals surface area contributed by atoms with E-state index in [-0.39, 0.29) is 5.97 Å². The number of esters is 1. The van der Waals surface area contributed by atoms with Gasteiger partial charge in [-0.15, -0.1) is 0 Å². The van der Waals surface area contributed by atoms with Crippen molar-refractivity contribution >= 4 is 5.97 Å². The summed E-state index contributed by atoms with van der Waals surface area (Å²) in [5.41, 5.74) is 0. The van der Waals surface area contributed by atoms with E-state index in [1.165, 1.54) is 12.4 Å². The second kappa shape index (κ2) is 3.75. The molecular formula is C7H10N2O2. The summed E-state index contributed by atoms with van der Waals surface area (Å²) >= 11 is 0. The molecule has 0 aliphatic rings. The topological polar surface area (TPSA) is 55.0 Å². The average Bonchev–Trinajstić information content (AvgIpc) is 2.40. The molecule has 0 aromatic carbocycles. The molecule has 0 radical (unpaired) electrons. The van der Waals surface area contributed by atoms with E-state index in [9.17, 15) is 4.79 Å². The van der Waals surface area contributed by atoms with Crippen molar-refractivity contribution in [1.82, 2.24) is 10.2 Å². The number of H-pyrrole nitrogens is 1. The molecule has 4 nitrogen and oxygen atoms in total. The van der Waals surface area contributed by atoms with Gasteiger partial charge in [-0.25, -0.2) is 0 Å². The van der Waals surface area contributed by atoms with E-state index < -0.39 is 0 Å². The summed E-state index contributed by atoms with van der Waals surface area (Å²) in [5.74, 6) is 0.261. The predicted molar refractivity (Wildman–Crippen MR) is 39.1 cm³/mol. The molecular weight excluding hydrogens is 144 g/mol. The first kappa shape index (κ1) is 7.78. The van der Waals surface area contributed by atoms with Gasteiger partial charge in [0, 0.05) is 6.42 Å². The Bertz CT molecular complexity index is 218. The molecule has 0 fully saturated rings. The van der Waals surface area contributed by atoms with Crippen LogP contribution >= 0.6 is 0 Å². The summed E-state index contributed by atoms with van der Waals surface area (Å²) in [7, 11) is 0. The Hall–Kier alpha value is -1.32. The van der Waals surface area contributed by atoms with Gasteiger partial charge >= 0.3 is 5.97 Å². The fourth-order valence-electron chi connectivity index (χ4n) is 0.681. The second-order valence-corrected chi connectivity index (χ2v) is 2.16. The molecule has 1 N–H and O–H groups in total. The third-order valence-corrected chi connectivity index (χ3v) is 1.16. The van der Waals surface area contributed by atoms with Gasteiger partial charge in [-0.1, -0.05) is 6.92 Å². The third-order valence-electron chi connectivity index (χ3n) is 1.16. The monoisotopic (exact) mass is 154 g/mol. The van der Waals surface area contributed by atoms with Crippen LogP contribution < -0.4 is 4.74 Å². The zero-order valence-electron chi connectivity index (χ0n) is 6.33. The van der Waals surface area contributed by atoms with Crippen molar-refractivity contribution in [3.63, 3.8) is 0 Å². The van der Waals surface area contributed by atoms with Crippen molar-refractivity contribution in [2.45, 2.75) is 19.8 Å². The third kappa shape index (κ3) is 2.41. The minimum atomic E-state index is -0.214. The summed E-state index contributed by atoms with van der Waals surface area (Å²) in [6.07, 6.45) is 4.25. The standard InChI is InChI=1S/C7H10N2O2/c1-2-3-7(10)11-6-4-8-9-5-6/h4-5H,2-3H2,1H3,(H,8,9). The van der Waals surface area contributed by atoms with E-state index in [0.717, 1.165) is 6.42 Å². The van der Waals surface area contributed by atoms with Crippen molar-refractivity contribution in [2.75, 3.05) is 0 Å². The Morgan fingerprint density at radius 3 is 3.18 bits per heavy atom. The first-order valence-corrected chi connectivity index (χ1v) is 3.52. The highest BCUT2D eigenvalue weighted by Crippen LogP contribution is 2.06. The second-order valence-electron chi connectivity index (χ2n) is 2.16. The van der Waals surface area contributed by atoms with Crippen molar-refractivity contribution in [1.29, 1.82) is 0 Å². The Morgan fingerprint density at radius 1 is 1.82 bits per heavy atom. The minimum absolute atomic E-state index is 0.214. The van der Waals surface area contributed by atoms with Crippen molar-refractivity contribution in [2.24, 2.45) is 0 Å². The van der Waals surface area contributed by atoms with Crippen LogP contribution in [0.2, 0.25) is 0 Å². The Labute approximate surface area is 64.6 Å². The number of hydrogen-bond donors (Lipinski definition) is 1. The number of aromatic nitrogens is 2. The molecule has 0 unspecified atom stereocenters. The molecule has 0 bridgehead atoms. The smallest absolute Gasteiger partial charge is 0.311 e. The van der Waals surface area contributed by atoms with Gasteiger partial charge in [-0.2, -0.15) is 5.10 Å². The van der Waals surface area contributed by atoms with Gasteiger partial charge in [-0.3, -0.25) is 9.89 Å². The molecule has 0 amide bonds. The highest BCUT2D eigenvalue weighted by Gasteiger charge is 2.02. The van der Waals surface area contributed by atoms with Gasteiger partial charge in [-0.05, 0) is 6.42 Å². The fraction of sp³-hybridized carbons (Fsp3) is 0.429. The van der Waals surface area contributed by atoms with Crippen LogP contribution in [-0.2, 0) is 4.79 Å². The number of nitrogens with one attached hydrogen (secondary N) is 1. The molecule has 0 saturated carbocycles. The highest BCUT2D eigenvalue weighted by atomic mass is 16.5. The van der Waals surface area contributed by atoms with Gasteiger partial charge in [0.1, 0.15) is 0 Å². The van der Waals surface area contributed by atoms with Crippen LogP contribution in [0.1, 0.15) is 19.8 Å². The van der Waals surface area contributed by atoms with Crippen LogP contribution in [0.3, 0.4) is 0 Å². The highest BCUT2D eigenvalue weighted by molar-refractivity contribution is 5.71. The number of aromatic amines is 1. The van der Waals surface area contributed by atoms with E-state index >= 15 is 0 Å². The summed E-state index contributed by atoms with van der Waals surface area (Å²) in [5, 5.41) is 6.18. The molecule has 1 heterocycles. The lowest BCUT2D eigenvalue weighted by Gasteiger charge is -1.97. The predicted octanol–water partition coefficient (Wildman–Crippen LogP) is 1.12. The molecule has 11 heavy (non-hydrogen) atoms. The van der Waals surface area contributed by atoms with Crippen LogP contribution in [-0.4, -0.2) is 16.2 Å². The van der Waals surface area contributed by atoms with E-state index in [2.05, 4.69) is 10.2 Å². The van der Waals surface area contributed by atoms with Gasteiger partial charge in [0.05, 0.1) is 12.4 Å². The Balaban J connectivity index is 2.37. The van der Waals surface area contributed by atoms with E-state index in [1.807, 2.05) is 6.92 Å². The largest absolute Gasteiger partial charge is 0.423 e. The molecule has 4 heteroatoms. The van der Waals surface area contributed by atoms with Gasteiger partial charge in [0.25, 0.3) is 0 Å². The molecule has 0 aliphatic heterocycles. The van der Waals surface area contributed by atoms with Gasteiger partial charge in [0.15, 0.2) is 5.75 Å². The quantitative estimate of drug-likeness (QED) is 0.663. The molecule has 60 valence electrons. The number of ether oxygens (including phenoxy) is 1. The van der Waals surface area contributed by atoms with Crippen LogP contribution in [0.25, 0.3) is 0 Å². The van der Waals surface area contributed by atoms with Crippen LogP contribution in [0, 0.1) is 0 Å². The van der Waals surface area contributed by atoms with E-state index in [4.69, 9.17) is 4.74 Å². The maximum Gasteiger partial charge on any atom is 0.311 e. The fourth-order valence-corrected chi connectivity index (χ4v) is 0.681. The first-order chi connectivity index (χ1) is 5.33. The molecule has 0 atom stereocenters. The number of carbonyl (C=O) groups excluding carboxylic acids is 1. The lowest BCUT2D eigenvalue weighted by Crippen LogP contribution is -2.05. The maximum atomic E-state index is 10.8. The summed E-state index contributed by atoms with van der Waals surface area (Å²) in [4.78, 5) is 10.8. The average molecular weight is 154 g/mol. The lowest BCUT2D eigenvalue weighted by molar-refractivity contribution is -0.134. The maximum absolute atomic E-state index is 10.8. The van der Waals surface area contributed by atoms with Gasteiger partial charge in [0.2, 0.25) is 0 Å². The number of rotatable bonds is 3. The number of nitrogens with zero attached hydrogens (tertiary/aromatic N) is 1. The number of carbonyl (C=O) groups is 1. The Kier molecular flexibility index (Phi) is 2.66. The van der Waals surface area contributed by atoms with E-state index in [0.29, 0.717) is 12.2 Å². The summed E-state index contributed by atoms with van der Waals surface area (Å²) in [6.45, 7) is 1.93. The molecule has 1 aromatic rings. The van der Waals surface area contributed by atoms with Crippen LogP contribution in [0.4, 0.5) is 0 Å². The summed E-state index contributed by atoms with van der Waals surface area (Å²) < 4.78 is 4.86. The van der Waals surface area contributed by atoms with Gasteiger partial charge < -0.3 is 4.74 Å². The normalized spacial score (nSPS) is 9.55. The molecule has 1 aromatic heterocycles. The first-order valence-electron chi connectivity index (χ1n) is 3.52. The minimum Gasteiger partial charge on any atom is -0.423 e. The molecule has 0 spiro atoms. The molecule has 0 saturated heterocycles. The van der Waals surface area contributed by atoms with Crippen molar-refractivity contribution in [3.8, 4) is 5.75 Å². The zero-order valence-corrected chi connectivity index (χ0v) is 6.33. The number of hydrogen-bond acceptors (Lipinski definition) is 3. The van der Waals surface area contributed by atoms with Crippen molar-refractivity contribution in [3.05, 3.63) is 12.4 Å². The Morgan fingerprint density at radius 2 is 2.64 bits per heavy atom. The van der Waals surface area contributed by atoms with Crippen molar-refractivity contribution < 1.29 is 9.53 Å². The van der Waals surface area contributed by atoms with Crippen LogP contribution in [0.5, 0.6) is 5.75 Å². The SMILES string of the molecule is CCCC(=O)Oc1cn[nH]c1. The zero-order chi connectivity index (χ0) is 8.10. The molecule has 0 aliphatic carbocycles. The molecule has 1 rings (SSSR count). The van der Waals surface area contributed by atoms with Crippen LogP contribution in [0.15, 0.2) is 12.4 Å². The van der Waals surface area contributed by atoms with E-state index in [1.54, 1.807) is 0 Å². The lowest BCUT2D eigenvalue weighted by atomic mass is 10.3.